The first-order valence-electron chi connectivity index (χ1n) is 6.16. The van der Waals surface area contributed by atoms with Gasteiger partial charge in [-0.25, -0.2) is 0 Å². The Morgan fingerprint density at radius 2 is 2.22 bits per heavy atom. The molecule has 5 heteroatoms. The lowest BCUT2D eigenvalue weighted by Crippen LogP contribution is -2.47. The summed E-state index contributed by atoms with van der Waals surface area (Å²) in [7, 11) is 0. The van der Waals surface area contributed by atoms with Gasteiger partial charge in [0.1, 0.15) is 0 Å². The van der Waals surface area contributed by atoms with E-state index in [0.29, 0.717) is 13.2 Å². The molecular formula is C13H19N3O2. The highest BCUT2D eigenvalue weighted by molar-refractivity contribution is 5.75. The number of primary amides is 1. The normalized spacial score (nSPS) is 19.8. The van der Waals surface area contributed by atoms with Gasteiger partial charge in [0.2, 0.25) is 5.91 Å². The molecule has 3 N–H and O–H groups in total. The lowest BCUT2D eigenvalue weighted by molar-refractivity contribution is -0.117. The standard InChI is InChI=1S/C13H19N3O2/c14-13(17)9-15-8-12-10-16(6-7-18-12)11-4-2-1-3-5-11/h1-5,12,15H,6-10H2,(H2,14,17). The number of anilines is 1. The van der Waals surface area contributed by atoms with Crippen molar-refractivity contribution in [2.24, 2.45) is 5.73 Å². The molecule has 1 fully saturated rings. The third kappa shape index (κ3) is 3.72. The number of ether oxygens (including phenoxy) is 1. The lowest BCUT2D eigenvalue weighted by Gasteiger charge is -2.34. The fraction of sp³-hybridized carbons (Fsp3) is 0.462. The van der Waals surface area contributed by atoms with Crippen molar-refractivity contribution in [3.05, 3.63) is 30.3 Å². The molecule has 0 saturated carbocycles. The Hall–Kier alpha value is -1.59. The van der Waals surface area contributed by atoms with Gasteiger partial charge < -0.3 is 20.7 Å². The van der Waals surface area contributed by atoms with Crippen LogP contribution in [0, 0.1) is 0 Å². The summed E-state index contributed by atoms with van der Waals surface area (Å²) in [4.78, 5) is 12.9. The smallest absolute Gasteiger partial charge is 0.231 e. The summed E-state index contributed by atoms with van der Waals surface area (Å²) in [5, 5.41) is 3.00. The zero-order chi connectivity index (χ0) is 12.8. The molecule has 1 aliphatic heterocycles. The molecule has 18 heavy (non-hydrogen) atoms. The van der Waals surface area contributed by atoms with E-state index < -0.39 is 0 Å². The number of amides is 1. The van der Waals surface area contributed by atoms with Crippen LogP contribution in [0.1, 0.15) is 0 Å². The molecule has 0 bridgehead atoms. The van der Waals surface area contributed by atoms with E-state index >= 15 is 0 Å². The number of rotatable bonds is 5. The van der Waals surface area contributed by atoms with Crippen LogP contribution >= 0.6 is 0 Å². The zero-order valence-corrected chi connectivity index (χ0v) is 10.3. The van der Waals surface area contributed by atoms with Crippen molar-refractivity contribution in [1.29, 1.82) is 0 Å². The molecule has 1 heterocycles. The lowest BCUT2D eigenvalue weighted by atomic mass is 10.2. The molecule has 1 aliphatic rings. The van der Waals surface area contributed by atoms with Crippen LogP contribution in [0.4, 0.5) is 5.69 Å². The second-order valence-corrected chi connectivity index (χ2v) is 4.37. The van der Waals surface area contributed by atoms with E-state index in [1.165, 1.54) is 5.69 Å². The average molecular weight is 249 g/mol. The molecule has 0 spiro atoms. The SMILES string of the molecule is NC(=O)CNCC1CN(c2ccccc2)CCO1. The summed E-state index contributed by atoms with van der Waals surface area (Å²) in [5.74, 6) is -0.342. The monoisotopic (exact) mass is 249 g/mol. The zero-order valence-electron chi connectivity index (χ0n) is 10.3. The van der Waals surface area contributed by atoms with E-state index in [1.54, 1.807) is 0 Å². The minimum absolute atomic E-state index is 0.0957. The van der Waals surface area contributed by atoms with Crippen LogP contribution in [-0.2, 0) is 9.53 Å². The van der Waals surface area contributed by atoms with Crippen molar-refractivity contribution in [2.45, 2.75) is 6.10 Å². The van der Waals surface area contributed by atoms with Gasteiger partial charge in [-0.05, 0) is 12.1 Å². The van der Waals surface area contributed by atoms with Gasteiger partial charge in [-0.15, -0.1) is 0 Å². The summed E-state index contributed by atoms with van der Waals surface area (Å²) >= 11 is 0. The topological polar surface area (TPSA) is 67.6 Å². The Kier molecular flexibility index (Phi) is 4.55. The Labute approximate surface area is 107 Å². The van der Waals surface area contributed by atoms with Gasteiger partial charge in [-0.1, -0.05) is 18.2 Å². The Morgan fingerprint density at radius 1 is 1.44 bits per heavy atom. The summed E-state index contributed by atoms with van der Waals surface area (Å²) in [6.07, 6.45) is 0.0957. The number of benzene rings is 1. The van der Waals surface area contributed by atoms with Crippen LogP contribution < -0.4 is 16.0 Å². The number of para-hydroxylation sites is 1. The maximum atomic E-state index is 10.6. The van der Waals surface area contributed by atoms with Crippen molar-refractivity contribution in [2.75, 3.05) is 37.7 Å². The quantitative estimate of drug-likeness (QED) is 0.769. The second kappa shape index (κ2) is 6.37. The minimum Gasteiger partial charge on any atom is -0.373 e. The fourth-order valence-electron chi connectivity index (χ4n) is 2.07. The highest BCUT2D eigenvalue weighted by atomic mass is 16.5. The third-order valence-electron chi connectivity index (χ3n) is 2.93. The Bertz CT molecular complexity index is 383. The largest absolute Gasteiger partial charge is 0.373 e. The van der Waals surface area contributed by atoms with Crippen LogP contribution in [-0.4, -0.2) is 44.8 Å². The van der Waals surface area contributed by atoms with E-state index in [1.807, 2.05) is 18.2 Å². The number of carbonyl (C=O) groups is 1. The van der Waals surface area contributed by atoms with Gasteiger partial charge in [0.25, 0.3) is 0 Å². The Morgan fingerprint density at radius 3 is 2.94 bits per heavy atom. The van der Waals surface area contributed by atoms with Crippen molar-refractivity contribution in [3.8, 4) is 0 Å². The molecule has 2 rings (SSSR count). The summed E-state index contributed by atoms with van der Waals surface area (Å²) in [5.41, 5.74) is 6.28. The highest BCUT2D eigenvalue weighted by Crippen LogP contribution is 2.16. The molecule has 0 aromatic heterocycles. The molecule has 5 nitrogen and oxygen atoms in total. The molecule has 1 unspecified atom stereocenters. The van der Waals surface area contributed by atoms with E-state index in [9.17, 15) is 4.79 Å². The van der Waals surface area contributed by atoms with Gasteiger partial charge in [-0.3, -0.25) is 4.79 Å². The number of nitrogens with one attached hydrogen (secondary N) is 1. The van der Waals surface area contributed by atoms with Gasteiger partial charge in [0.15, 0.2) is 0 Å². The van der Waals surface area contributed by atoms with E-state index in [0.717, 1.165) is 13.1 Å². The van der Waals surface area contributed by atoms with E-state index in [2.05, 4.69) is 22.3 Å². The molecule has 1 aromatic rings. The molecule has 1 amide bonds. The first-order valence-corrected chi connectivity index (χ1v) is 6.16. The first kappa shape index (κ1) is 12.9. The van der Waals surface area contributed by atoms with Crippen molar-refractivity contribution < 1.29 is 9.53 Å². The van der Waals surface area contributed by atoms with Crippen molar-refractivity contribution >= 4 is 11.6 Å². The minimum atomic E-state index is -0.342. The van der Waals surface area contributed by atoms with Crippen LogP contribution in [0.3, 0.4) is 0 Å². The van der Waals surface area contributed by atoms with Gasteiger partial charge in [0, 0.05) is 25.3 Å². The van der Waals surface area contributed by atoms with Crippen molar-refractivity contribution in [1.82, 2.24) is 5.32 Å². The first-order chi connectivity index (χ1) is 8.75. The number of nitrogens with zero attached hydrogens (tertiary/aromatic N) is 1. The van der Waals surface area contributed by atoms with E-state index in [-0.39, 0.29) is 18.6 Å². The molecule has 1 atom stereocenters. The highest BCUT2D eigenvalue weighted by Gasteiger charge is 2.20. The predicted octanol–water partition coefficient (Wildman–Crippen LogP) is -0.0333. The molecule has 1 saturated heterocycles. The molecule has 98 valence electrons. The van der Waals surface area contributed by atoms with Crippen LogP contribution in [0.2, 0.25) is 0 Å². The number of nitrogens with two attached hydrogens (primary N) is 1. The number of morpholine rings is 1. The molecular weight excluding hydrogens is 230 g/mol. The third-order valence-corrected chi connectivity index (χ3v) is 2.93. The molecule has 0 aliphatic carbocycles. The molecule has 0 radical (unpaired) electrons. The van der Waals surface area contributed by atoms with Crippen LogP contribution in [0.15, 0.2) is 30.3 Å². The summed E-state index contributed by atoms with van der Waals surface area (Å²) in [6, 6.07) is 10.3. The number of carbonyl (C=O) groups excluding carboxylic acids is 1. The van der Waals surface area contributed by atoms with Gasteiger partial charge in [0.05, 0.1) is 19.3 Å². The predicted molar refractivity (Wildman–Crippen MR) is 70.5 cm³/mol. The average Bonchev–Trinajstić information content (AvgIpc) is 2.40. The van der Waals surface area contributed by atoms with E-state index in [4.69, 9.17) is 10.5 Å². The van der Waals surface area contributed by atoms with Crippen molar-refractivity contribution in [3.63, 3.8) is 0 Å². The van der Waals surface area contributed by atoms with Crippen LogP contribution in [0.25, 0.3) is 0 Å². The van der Waals surface area contributed by atoms with Gasteiger partial charge in [-0.2, -0.15) is 0 Å². The maximum absolute atomic E-state index is 10.6. The molecule has 1 aromatic carbocycles. The van der Waals surface area contributed by atoms with Gasteiger partial charge >= 0.3 is 0 Å². The Balaban J connectivity index is 1.83. The maximum Gasteiger partial charge on any atom is 0.231 e. The summed E-state index contributed by atoms with van der Waals surface area (Å²) in [6.45, 7) is 3.28. The number of hydrogen-bond donors (Lipinski definition) is 2. The summed E-state index contributed by atoms with van der Waals surface area (Å²) < 4.78 is 5.66. The fourth-order valence-corrected chi connectivity index (χ4v) is 2.07. The second-order valence-electron chi connectivity index (χ2n) is 4.37. The van der Waals surface area contributed by atoms with Crippen LogP contribution in [0.5, 0.6) is 0 Å². The number of hydrogen-bond acceptors (Lipinski definition) is 4.